The molecule has 6 nitrogen and oxygen atoms in total. The number of rotatable bonds is 7. The maximum atomic E-state index is 14.8. The Labute approximate surface area is 204 Å². The predicted molar refractivity (Wildman–Crippen MR) is 129 cm³/mol. The lowest BCUT2D eigenvalue weighted by atomic mass is 9.71. The summed E-state index contributed by atoms with van der Waals surface area (Å²) in [7, 11) is 0. The Morgan fingerprint density at radius 3 is 2.63 bits per heavy atom. The number of piperidine rings is 1. The summed E-state index contributed by atoms with van der Waals surface area (Å²) in [5.74, 6) is -2.30. The van der Waals surface area contributed by atoms with Crippen molar-refractivity contribution >= 4 is 23.9 Å². The number of aliphatic imine (C=N–C) groups is 1. The summed E-state index contributed by atoms with van der Waals surface area (Å²) in [5.41, 5.74) is 1.04. The first kappa shape index (κ1) is 24.9. The molecule has 1 aromatic carbocycles. The molecule has 2 heterocycles. The van der Waals surface area contributed by atoms with E-state index in [9.17, 15) is 23.5 Å². The Kier molecular flexibility index (Phi) is 7.88. The monoisotopic (exact) mass is 483 g/mol. The van der Waals surface area contributed by atoms with Crippen molar-refractivity contribution in [2.75, 3.05) is 6.54 Å². The number of aliphatic carboxylic acids is 1. The van der Waals surface area contributed by atoms with Gasteiger partial charge in [0.25, 0.3) is 0 Å². The minimum absolute atomic E-state index is 0.0375. The highest BCUT2D eigenvalue weighted by Gasteiger charge is 2.44. The van der Waals surface area contributed by atoms with Gasteiger partial charge in [-0.05, 0) is 68.2 Å². The number of benzene rings is 1. The molecule has 1 aromatic heterocycles. The van der Waals surface area contributed by atoms with Crippen molar-refractivity contribution in [3.63, 3.8) is 0 Å². The second kappa shape index (κ2) is 11.1. The van der Waals surface area contributed by atoms with Gasteiger partial charge in [0.15, 0.2) is 5.82 Å². The molecule has 2 aromatic rings. The van der Waals surface area contributed by atoms with Crippen molar-refractivity contribution in [1.82, 2.24) is 9.88 Å². The van der Waals surface area contributed by atoms with Crippen LogP contribution in [0, 0.1) is 23.5 Å². The number of nitrogens with zero attached hydrogens (tertiary/aromatic N) is 3. The van der Waals surface area contributed by atoms with Gasteiger partial charge in [0.2, 0.25) is 5.91 Å². The third kappa shape index (κ3) is 5.57. The van der Waals surface area contributed by atoms with Crippen LogP contribution >= 0.6 is 0 Å². The first-order valence-corrected chi connectivity index (χ1v) is 12.3. The molecular formula is C27H31F2N3O3. The smallest absolute Gasteiger partial charge is 0.306 e. The summed E-state index contributed by atoms with van der Waals surface area (Å²) in [4.78, 5) is 35.7. The van der Waals surface area contributed by atoms with Gasteiger partial charge in [-0.1, -0.05) is 25.0 Å². The van der Waals surface area contributed by atoms with Gasteiger partial charge >= 0.3 is 5.97 Å². The summed E-state index contributed by atoms with van der Waals surface area (Å²) in [6.45, 7) is 2.12. The third-order valence-electron chi connectivity index (χ3n) is 7.46. The summed E-state index contributed by atoms with van der Waals surface area (Å²) in [5, 5.41) is 9.69. The zero-order valence-electron chi connectivity index (χ0n) is 19.9. The molecule has 35 heavy (non-hydrogen) atoms. The summed E-state index contributed by atoms with van der Waals surface area (Å²) in [6, 6.07) is 7.13. The average molecular weight is 484 g/mol. The SMILES string of the molecule is CC=Nc1nccc(F)c1CC(CC(=O)N1CCC(C(=O)O)C2CCCCC21)c1ccc(F)cc1. The minimum atomic E-state index is -0.783. The Morgan fingerprint density at radius 1 is 1.17 bits per heavy atom. The first-order chi connectivity index (χ1) is 16.9. The van der Waals surface area contributed by atoms with Gasteiger partial charge in [-0.15, -0.1) is 0 Å². The van der Waals surface area contributed by atoms with E-state index < -0.39 is 23.6 Å². The molecule has 1 saturated heterocycles. The van der Waals surface area contributed by atoms with Crippen LogP contribution in [-0.4, -0.2) is 45.7 Å². The lowest BCUT2D eigenvalue weighted by Crippen LogP contribution is -2.54. The summed E-state index contributed by atoms with van der Waals surface area (Å²) >= 11 is 0. The molecule has 186 valence electrons. The lowest BCUT2D eigenvalue weighted by Gasteiger charge is -2.47. The van der Waals surface area contributed by atoms with Crippen molar-refractivity contribution in [2.45, 2.75) is 63.8 Å². The maximum absolute atomic E-state index is 14.8. The fourth-order valence-corrected chi connectivity index (χ4v) is 5.77. The van der Waals surface area contributed by atoms with Crippen LogP contribution in [0.3, 0.4) is 0 Å². The first-order valence-electron chi connectivity index (χ1n) is 12.3. The number of halogens is 2. The highest BCUT2D eigenvalue weighted by molar-refractivity contribution is 5.79. The molecule has 1 amide bonds. The molecule has 8 heteroatoms. The zero-order chi connectivity index (χ0) is 24.9. The number of pyridine rings is 1. The van der Waals surface area contributed by atoms with E-state index >= 15 is 0 Å². The van der Waals surface area contributed by atoms with Gasteiger partial charge in [-0.25, -0.2) is 18.8 Å². The van der Waals surface area contributed by atoms with Gasteiger partial charge in [0.1, 0.15) is 11.6 Å². The molecule has 4 rings (SSSR count). The number of carbonyl (C=O) groups excluding carboxylic acids is 1. The van der Waals surface area contributed by atoms with Crippen LogP contribution in [0.25, 0.3) is 0 Å². The number of carboxylic acids is 1. The average Bonchev–Trinajstić information content (AvgIpc) is 2.85. The number of hydrogen-bond donors (Lipinski definition) is 1. The second-order valence-corrected chi connectivity index (χ2v) is 9.48. The van der Waals surface area contributed by atoms with Crippen molar-refractivity contribution in [3.8, 4) is 0 Å². The molecule has 0 bridgehead atoms. The largest absolute Gasteiger partial charge is 0.481 e. The molecule has 0 spiro atoms. The van der Waals surface area contributed by atoms with E-state index in [4.69, 9.17) is 0 Å². The highest BCUT2D eigenvalue weighted by Crippen LogP contribution is 2.40. The standard InChI is InChI=1S/C27H31F2N3O3/c1-2-30-26-22(23(29)11-13-31-26)15-18(17-7-9-19(28)10-8-17)16-25(33)32-14-12-21(27(34)35)20-5-3-4-6-24(20)32/h2,7-11,13,18,20-21,24H,3-6,12,14-16H2,1H3,(H,34,35). The summed E-state index contributed by atoms with van der Waals surface area (Å²) < 4.78 is 28.5. The van der Waals surface area contributed by atoms with Crippen LogP contribution in [-0.2, 0) is 16.0 Å². The van der Waals surface area contributed by atoms with Gasteiger partial charge in [-0.3, -0.25) is 9.59 Å². The zero-order valence-corrected chi connectivity index (χ0v) is 19.9. The van der Waals surface area contributed by atoms with Crippen molar-refractivity contribution < 1.29 is 23.5 Å². The molecule has 1 aliphatic heterocycles. The summed E-state index contributed by atoms with van der Waals surface area (Å²) in [6.07, 6.45) is 7.19. The lowest BCUT2D eigenvalue weighted by molar-refractivity contribution is -0.153. The maximum Gasteiger partial charge on any atom is 0.306 e. The Hall–Kier alpha value is -3.16. The molecule has 1 N–H and O–H groups in total. The van der Waals surface area contributed by atoms with E-state index in [0.29, 0.717) is 18.5 Å². The Bertz CT molecular complexity index is 1090. The van der Waals surface area contributed by atoms with E-state index in [0.717, 1.165) is 31.2 Å². The molecule has 2 aliphatic rings. The van der Waals surface area contributed by atoms with E-state index in [1.54, 1.807) is 25.3 Å². The number of aromatic nitrogens is 1. The van der Waals surface area contributed by atoms with E-state index in [1.165, 1.54) is 24.4 Å². The van der Waals surface area contributed by atoms with Crippen LogP contribution in [0.1, 0.15) is 62.5 Å². The highest BCUT2D eigenvalue weighted by atomic mass is 19.1. The quantitative estimate of drug-likeness (QED) is 0.543. The van der Waals surface area contributed by atoms with Crippen molar-refractivity contribution in [1.29, 1.82) is 0 Å². The van der Waals surface area contributed by atoms with Crippen LogP contribution < -0.4 is 0 Å². The van der Waals surface area contributed by atoms with Crippen LogP contribution in [0.15, 0.2) is 41.5 Å². The number of carboxylic acid groups (broad SMARTS) is 1. The number of hydrogen-bond acceptors (Lipinski definition) is 4. The van der Waals surface area contributed by atoms with Crippen LogP contribution in [0.5, 0.6) is 0 Å². The van der Waals surface area contributed by atoms with Crippen molar-refractivity contribution in [2.24, 2.45) is 16.8 Å². The van der Waals surface area contributed by atoms with E-state index in [2.05, 4.69) is 9.98 Å². The van der Waals surface area contributed by atoms with Gasteiger partial charge in [-0.2, -0.15) is 0 Å². The fraction of sp³-hybridized carbons (Fsp3) is 0.481. The van der Waals surface area contributed by atoms with E-state index in [-0.39, 0.29) is 42.3 Å². The third-order valence-corrected chi connectivity index (χ3v) is 7.46. The molecule has 1 aliphatic carbocycles. The molecular weight excluding hydrogens is 452 g/mol. The topological polar surface area (TPSA) is 82.9 Å². The molecule has 2 fully saturated rings. The van der Waals surface area contributed by atoms with Gasteiger partial charge in [0.05, 0.1) is 5.92 Å². The Balaban J connectivity index is 1.61. The molecule has 4 atom stereocenters. The number of likely N-dealkylation sites (tertiary alicyclic amines) is 1. The van der Waals surface area contributed by atoms with E-state index in [1.807, 2.05) is 4.90 Å². The van der Waals surface area contributed by atoms with Crippen LogP contribution in [0.4, 0.5) is 14.6 Å². The predicted octanol–water partition coefficient (Wildman–Crippen LogP) is 5.29. The molecule has 0 radical (unpaired) electrons. The second-order valence-electron chi connectivity index (χ2n) is 9.48. The fourth-order valence-electron chi connectivity index (χ4n) is 5.77. The van der Waals surface area contributed by atoms with Crippen molar-refractivity contribution in [3.05, 3.63) is 59.3 Å². The number of carbonyl (C=O) groups is 2. The van der Waals surface area contributed by atoms with Gasteiger partial charge in [0, 0.05) is 37.0 Å². The minimum Gasteiger partial charge on any atom is -0.481 e. The van der Waals surface area contributed by atoms with Crippen LogP contribution in [0.2, 0.25) is 0 Å². The number of fused-ring (bicyclic) bond motifs is 1. The number of amides is 1. The molecule has 4 unspecified atom stereocenters. The molecule has 1 saturated carbocycles. The normalized spacial score (nSPS) is 23.2. The van der Waals surface area contributed by atoms with Gasteiger partial charge < -0.3 is 10.0 Å². The Morgan fingerprint density at radius 2 is 1.91 bits per heavy atom.